The van der Waals surface area contributed by atoms with Gasteiger partial charge in [0.25, 0.3) is 5.59 Å². The van der Waals surface area contributed by atoms with Gasteiger partial charge in [-0.15, -0.1) is 0 Å². The molecule has 0 radical (unpaired) electrons. The van der Waals surface area contributed by atoms with Crippen molar-refractivity contribution in [3.63, 3.8) is 0 Å². The van der Waals surface area contributed by atoms with Crippen molar-refractivity contribution in [1.82, 2.24) is 0 Å². The number of carbonyl (C=O) groups is 2. The number of carboxylic acids is 1. The number of carboxylic acid groups (broad SMARTS) is 1. The van der Waals surface area contributed by atoms with Crippen LogP contribution in [0.4, 0.5) is 4.79 Å². The van der Waals surface area contributed by atoms with Crippen LogP contribution in [0.1, 0.15) is 9.97 Å². The normalized spacial score (nSPS) is 9.31. The fraction of sp³-hybridized carbons (Fsp3) is 0.125. The fourth-order valence-electron chi connectivity index (χ4n) is 0.958. The molecule has 0 aliphatic heterocycles. The Hall–Kier alpha value is -1.49. The Morgan fingerprint density at radius 2 is 2.15 bits per heavy atom. The summed E-state index contributed by atoms with van der Waals surface area (Å²) in [6.07, 6.45) is 0. The molecule has 68 valence electrons. The van der Waals surface area contributed by atoms with Crippen LogP contribution in [-0.2, 0) is 4.74 Å². The van der Waals surface area contributed by atoms with Crippen LogP contribution in [-0.4, -0.2) is 32.2 Å². The van der Waals surface area contributed by atoms with E-state index in [9.17, 15) is 9.59 Å². The third kappa shape index (κ3) is 2.00. The van der Waals surface area contributed by atoms with E-state index in [0.29, 0.717) is 0 Å². The average Bonchev–Trinajstić information content (AvgIpc) is 2.16. The molecule has 0 unspecified atom stereocenters. The van der Waals surface area contributed by atoms with Crippen LogP contribution in [0, 0.1) is 0 Å². The lowest BCUT2D eigenvalue weighted by Gasteiger charge is -2.01. The lowest BCUT2D eigenvalue weighted by molar-refractivity contribution is 0.0700. The van der Waals surface area contributed by atoms with Gasteiger partial charge in [0, 0.05) is 0 Å². The Kier molecular flexibility index (Phi) is 2.91. The first-order valence-corrected chi connectivity index (χ1v) is 5.15. The summed E-state index contributed by atoms with van der Waals surface area (Å²) in [6, 6.07) is 4.70. The summed E-state index contributed by atoms with van der Waals surface area (Å²) in [5, 5.41) is 8.89. The summed E-state index contributed by atoms with van der Waals surface area (Å²) in [5.74, 6) is -1.06. The predicted octanol–water partition coefficient (Wildman–Crippen LogP) is 1.02. The van der Waals surface area contributed by atoms with Crippen LogP contribution >= 0.6 is 0 Å². The quantitative estimate of drug-likeness (QED) is 0.717. The molecule has 0 spiro atoms. The lowest BCUT2D eigenvalue weighted by Crippen LogP contribution is -2.20. The molecule has 1 rings (SSSR count). The van der Waals surface area contributed by atoms with E-state index in [-0.39, 0.29) is 5.17 Å². The van der Waals surface area contributed by atoms with E-state index in [0.717, 1.165) is 0 Å². The second kappa shape index (κ2) is 3.95. The van der Waals surface area contributed by atoms with E-state index in [1.807, 2.05) is 0 Å². The van der Waals surface area contributed by atoms with Gasteiger partial charge in [0.1, 0.15) is 0 Å². The molecule has 0 atom stereocenters. The topological polar surface area (TPSA) is 63.6 Å². The summed E-state index contributed by atoms with van der Waals surface area (Å²) < 4.78 is 4.51. The molecule has 0 aromatic carbocycles. The molecule has 1 N–H and O–H groups in total. The molecular weight excluding hydrogens is 188 g/mol. The summed E-state index contributed by atoms with van der Waals surface area (Å²) >= 11 is 0. The van der Waals surface area contributed by atoms with Gasteiger partial charge in [-0.1, -0.05) is 23.9 Å². The Balaban J connectivity index is 3.19. The number of carbonyl (C=O) groups excluding carboxylic acids is 1. The van der Waals surface area contributed by atoms with E-state index in [4.69, 9.17) is 5.11 Å². The van der Waals surface area contributed by atoms with Crippen molar-refractivity contribution in [2.24, 2.45) is 0 Å². The summed E-state index contributed by atoms with van der Waals surface area (Å²) in [5.41, 5.74) is 1.14. The van der Waals surface area contributed by atoms with Crippen molar-refractivity contribution in [3.05, 3.63) is 29.1 Å². The molecule has 0 amide bonds. The van der Waals surface area contributed by atoms with Crippen molar-refractivity contribution in [2.45, 2.75) is 0 Å². The second-order valence-electron chi connectivity index (χ2n) is 2.34. The Morgan fingerprint density at radius 3 is 2.69 bits per heavy atom. The van der Waals surface area contributed by atoms with E-state index in [1.165, 1.54) is 13.2 Å². The van der Waals surface area contributed by atoms with Crippen molar-refractivity contribution < 1.29 is 19.4 Å². The molecule has 1 heterocycles. The van der Waals surface area contributed by atoms with E-state index in [1.54, 1.807) is 17.8 Å². The van der Waals surface area contributed by atoms with E-state index in [2.05, 4.69) is 4.74 Å². The lowest BCUT2D eigenvalue weighted by atomic mass is 10.4. The predicted molar refractivity (Wildman–Crippen MR) is 47.2 cm³/mol. The van der Waals surface area contributed by atoms with Gasteiger partial charge in [-0.25, -0.2) is 4.79 Å². The highest BCUT2D eigenvalue weighted by Crippen LogP contribution is 2.00. The van der Waals surface area contributed by atoms with Gasteiger partial charge >= 0.3 is 5.97 Å². The third-order valence-electron chi connectivity index (χ3n) is 1.56. The molecule has 0 saturated carbocycles. The second-order valence-corrected chi connectivity index (χ2v) is 4.45. The number of aromatic carboxylic acids is 1. The molecular formula is C8H8O4Si. The van der Waals surface area contributed by atoms with Crippen LogP contribution < -0.4 is 0 Å². The standard InChI is InChI=1S/C8H8O4Si/c1-12-8(11)13-5-3-2-4-6(13)7(9)10/h2-5H,1H3,(H,9,10). The minimum atomic E-state index is -1.83. The highest BCUT2D eigenvalue weighted by molar-refractivity contribution is 6.85. The molecule has 5 heteroatoms. The number of methoxy groups -OCH3 is 1. The molecule has 13 heavy (non-hydrogen) atoms. The van der Waals surface area contributed by atoms with Crippen LogP contribution in [0.15, 0.2) is 23.9 Å². The molecule has 0 aliphatic carbocycles. The molecule has 0 bridgehead atoms. The molecule has 1 aromatic heterocycles. The highest BCUT2D eigenvalue weighted by atomic mass is 28.2. The molecule has 4 nitrogen and oxygen atoms in total. The Labute approximate surface area is 76.3 Å². The van der Waals surface area contributed by atoms with Crippen molar-refractivity contribution in [1.29, 1.82) is 0 Å². The van der Waals surface area contributed by atoms with Gasteiger partial charge in [0.05, 0.1) is 12.3 Å². The van der Waals surface area contributed by atoms with Crippen LogP contribution in [0.2, 0.25) is 0 Å². The van der Waals surface area contributed by atoms with E-state index < -0.39 is 20.0 Å². The zero-order chi connectivity index (χ0) is 9.84. The maximum absolute atomic E-state index is 11.1. The summed E-state index contributed by atoms with van der Waals surface area (Å²) in [7, 11) is -0.570. The number of rotatable bonds is 2. The van der Waals surface area contributed by atoms with Gasteiger partial charge in [-0.3, -0.25) is 4.79 Å². The van der Waals surface area contributed by atoms with Gasteiger partial charge in [0.15, 0.2) is 8.40 Å². The minimum Gasteiger partial charge on any atom is -0.478 e. The Morgan fingerprint density at radius 1 is 1.46 bits per heavy atom. The van der Waals surface area contributed by atoms with Gasteiger partial charge < -0.3 is 9.84 Å². The smallest absolute Gasteiger partial charge is 0.331 e. The van der Waals surface area contributed by atoms with Gasteiger partial charge in [0.2, 0.25) is 0 Å². The highest BCUT2D eigenvalue weighted by Gasteiger charge is 2.16. The largest absolute Gasteiger partial charge is 0.478 e. The monoisotopic (exact) mass is 196 g/mol. The van der Waals surface area contributed by atoms with Crippen LogP contribution in [0.25, 0.3) is 0 Å². The summed E-state index contributed by atoms with van der Waals surface area (Å²) in [6.45, 7) is 0. The first-order valence-electron chi connectivity index (χ1n) is 3.57. The molecule has 0 aliphatic rings. The summed E-state index contributed by atoms with van der Waals surface area (Å²) in [4.78, 5) is 21.8. The molecule has 0 fully saturated rings. The van der Waals surface area contributed by atoms with Crippen molar-refractivity contribution >= 4 is 20.0 Å². The fourth-order valence-corrected chi connectivity index (χ4v) is 2.52. The number of hydrogen-bond acceptors (Lipinski definition) is 3. The maximum atomic E-state index is 11.1. The van der Waals surface area contributed by atoms with E-state index >= 15 is 0 Å². The minimum absolute atomic E-state index is 0.138. The van der Waals surface area contributed by atoms with Crippen LogP contribution in [0.3, 0.4) is 0 Å². The molecule has 0 saturated heterocycles. The van der Waals surface area contributed by atoms with Gasteiger partial charge in [-0.05, 0) is 0 Å². The first kappa shape index (κ1) is 9.59. The Bertz CT molecular complexity index is 348. The number of ether oxygens (including phenoxy) is 1. The van der Waals surface area contributed by atoms with Crippen molar-refractivity contribution in [2.75, 3.05) is 7.11 Å². The SMILES string of the molecule is COC(=O)[si]1ccccc1C(=O)O. The maximum Gasteiger partial charge on any atom is 0.331 e. The van der Waals surface area contributed by atoms with Crippen LogP contribution in [0.5, 0.6) is 0 Å². The third-order valence-corrected chi connectivity index (χ3v) is 3.69. The van der Waals surface area contributed by atoms with Gasteiger partial charge in [-0.2, -0.15) is 0 Å². The first-order chi connectivity index (χ1) is 6.16. The number of hydrogen-bond donors (Lipinski definition) is 1. The average molecular weight is 196 g/mol. The zero-order valence-electron chi connectivity index (χ0n) is 6.98. The zero-order valence-corrected chi connectivity index (χ0v) is 7.98. The van der Waals surface area contributed by atoms with Crippen molar-refractivity contribution in [3.8, 4) is 0 Å². The molecule has 1 aromatic rings.